The number of allylic oxidation sites excluding steroid dienone is 1. The van der Waals surface area contributed by atoms with Gasteiger partial charge in [-0.1, -0.05) is 45.8 Å². The molecule has 0 aliphatic rings. The summed E-state index contributed by atoms with van der Waals surface area (Å²) in [6.45, 7) is 6.10. The van der Waals surface area contributed by atoms with Crippen LogP contribution in [0.15, 0.2) is 12.2 Å². The van der Waals surface area contributed by atoms with Crippen LogP contribution in [-0.2, 0) is 4.79 Å². The zero-order chi connectivity index (χ0) is 11.0. The molecule has 0 spiro atoms. The number of carbonyl (C=O) groups is 1. The fourth-order valence-electron chi connectivity index (χ4n) is 1.81. The molecule has 0 saturated carbocycles. The van der Waals surface area contributed by atoms with Crippen LogP contribution in [0.4, 0.5) is 0 Å². The maximum Gasteiger partial charge on any atom is 0.313 e. The summed E-state index contributed by atoms with van der Waals surface area (Å²) < 4.78 is 0. The third-order valence-corrected chi connectivity index (χ3v) is 2.49. The SMILES string of the molecule is CCC=CC(CCC)(CCC)C(=O)O. The van der Waals surface area contributed by atoms with Crippen LogP contribution in [0.2, 0.25) is 0 Å². The fourth-order valence-corrected chi connectivity index (χ4v) is 1.81. The second-order valence-corrected chi connectivity index (χ2v) is 3.77. The Labute approximate surface area is 87.0 Å². The minimum absolute atomic E-state index is 0.612. The van der Waals surface area contributed by atoms with Gasteiger partial charge in [0.15, 0.2) is 0 Å². The van der Waals surface area contributed by atoms with Gasteiger partial charge in [-0.25, -0.2) is 0 Å². The number of carboxylic acid groups (broad SMARTS) is 1. The van der Waals surface area contributed by atoms with Gasteiger partial charge in [-0.05, 0) is 19.3 Å². The Balaban J connectivity index is 4.73. The molecule has 0 aromatic heterocycles. The van der Waals surface area contributed by atoms with E-state index in [2.05, 4.69) is 0 Å². The maximum atomic E-state index is 11.3. The first-order valence-corrected chi connectivity index (χ1v) is 5.54. The Morgan fingerprint density at radius 2 is 1.71 bits per heavy atom. The van der Waals surface area contributed by atoms with Crippen molar-refractivity contribution in [1.82, 2.24) is 0 Å². The molecule has 82 valence electrons. The summed E-state index contributed by atoms with van der Waals surface area (Å²) in [5, 5.41) is 9.26. The number of aliphatic carboxylic acids is 1. The van der Waals surface area contributed by atoms with Crippen LogP contribution in [0.25, 0.3) is 0 Å². The van der Waals surface area contributed by atoms with Crippen LogP contribution in [0, 0.1) is 5.41 Å². The normalized spacial score (nSPS) is 12.2. The highest BCUT2D eigenvalue weighted by Gasteiger charge is 2.33. The molecular formula is C12H22O2. The van der Waals surface area contributed by atoms with E-state index < -0.39 is 11.4 Å². The monoisotopic (exact) mass is 198 g/mol. The molecule has 0 aromatic rings. The molecule has 0 amide bonds. The first-order chi connectivity index (χ1) is 6.63. The minimum Gasteiger partial charge on any atom is -0.481 e. The van der Waals surface area contributed by atoms with Gasteiger partial charge in [0, 0.05) is 0 Å². The Kier molecular flexibility index (Phi) is 6.26. The van der Waals surface area contributed by atoms with Crippen molar-refractivity contribution < 1.29 is 9.90 Å². The van der Waals surface area contributed by atoms with E-state index in [9.17, 15) is 9.90 Å². The third kappa shape index (κ3) is 3.52. The number of hydrogen-bond donors (Lipinski definition) is 1. The van der Waals surface area contributed by atoms with Crippen molar-refractivity contribution in [2.24, 2.45) is 5.41 Å². The predicted octanol–water partition coefficient (Wildman–Crippen LogP) is 3.62. The highest BCUT2D eigenvalue weighted by atomic mass is 16.4. The predicted molar refractivity (Wildman–Crippen MR) is 59.3 cm³/mol. The summed E-state index contributed by atoms with van der Waals surface area (Å²) in [4.78, 5) is 11.3. The average Bonchev–Trinajstić information content (AvgIpc) is 2.14. The van der Waals surface area contributed by atoms with E-state index in [1.54, 1.807) is 0 Å². The standard InChI is InChI=1S/C12H22O2/c1-4-7-10-12(8-5-2,9-6-3)11(13)14/h7,10H,4-6,8-9H2,1-3H3,(H,13,14). The Morgan fingerprint density at radius 1 is 1.21 bits per heavy atom. The molecule has 0 unspecified atom stereocenters. The number of rotatable bonds is 7. The van der Waals surface area contributed by atoms with Gasteiger partial charge >= 0.3 is 5.97 Å². The molecule has 0 aromatic carbocycles. The molecule has 0 aliphatic carbocycles. The lowest BCUT2D eigenvalue weighted by atomic mass is 9.79. The van der Waals surface area contributed by atoms with Gasteiger partial charge in [-0.2, -0.15) is 0 Å². The van der Waals surface area contributed by atoms with Crippen molar-refractivity contribution in [3.8, 4) is 0 Å². The smallest absolute Gasteiger partial charge is 0.313 e. The largest absolute Gasteiger partial charge is 0.481 e. The lowest BCUT2D eigenvalue weighted by Crippen LogP contribution is -2.28. The number of hydrogen-bond acceptors (Lipinski definition) is 1. The zero-order valence-electron chi connectivity index (χ0n) is 9.55. The summed E-state index contributed by atoms with van der Waals surface area (Å²) >= 11 is 0. The molecule has 0 rings (SSSR count). The second kappa shape index (κ2) is 6.63. The lowest BCUT2D eigenvalue weighted by molar-refractivity contribution is -0.146. The van der Waals surface area contributed by atoms with Crippen LogP contribution < -0.4 is 0 Å². The molecule has 0 atom stereocenters. The Bertz CT molecular complexity index is 188. The van der Waals surface area contributed by atoms with Gasteiger partial charge in [-0.15, -0.1) is 0 Å². The van der Waals surface area contributed by atoms with E-state index in [1.165, 1.54) is 0 Å². The topological polar surface area (TPSA) is 37.3 Å². The quantitative estimate of drug-likeness (QED) is 0.634. The van der Waals surface area contributed by atoms with E-state index in [-0.39, 0.29) is 0 Å². The number of carboxylic acids is 1. The zero-order valence-corrected chi connectivity index (χ0v) is 9.55. The third-order valence-electron chi connectivity index (χ3n) is 2.49. The van der Waals surface area contributed by atoms with Crippen LogP contribution in [-0.4, -0.2) is 11.1 Å². The van der Waals surface area contributed by atoms with Crippen LogP contribution in [0.5, 0.6) is 0 Å². The molecule has 1 N–H and O–H groups in total. The van der Waals surface area contributed by atoms with Crippen molar-refractivity contribution >= 4 is 5.97 Å². The van der Waals surface area contributed by atoms with Crippen molar-refractivity contribution in [2.45, 2.75) is 52.9 Å². The molecule has 0 radical (unpaired) electrons. The first-order valence-electron chi connectivity index (χ1n) is 5.54. The van der Waals surface area contributed by atoms with Gasteiger partial charge < -0.3 is 5.11 Å². The highest BCUT2D eigenvalue weighted by Crippen LogP contribution is 2.32. The molecule has 0 aliphatic heterocycles. The van der Waals surface area contributed by atoms with Crippen LogP contribution in [0.3, 0.4) is 0 Å². The summed E-state index contributed by atoms with van der Waals surface area (Å²) in [5.74, 6) is -0.675. The van der Waals surface area contributed by atoms with E-state index in [4.69, 9.17) is 0 Å². The second-order valence-electron chi connectivity index (χ2n) is 3.77. The van der Waals surface area contributed by atoms with Crippen LogP contribution >= 0.6 is 0 Å². The highest BCUT2D eigenvalue weighted by molar-refractivity contribution is 5.77. The molecular weight excluding hydrogens is 176 g/mol. The van der Waals surface area contributed by atoms with Crippen molar-refractivity contribution in [1.29, 1.82) is 0 Å². The minimum atomic E-state index is -0.675. The molecule has 0 saturated heterocycles. The van der Waals surface area contributed by atoms with E-state index in [0.717, 1.165) is 32.1 Å². The van der Waals surface area contributed by atoms with E-state index >= 15 is 0 Å². The Hall–Kier alpha value is -0.790. The summed E-state index contributed by atoms with van der Waals surface area (Å²) in [6, 6.07) is 0. The molecule has 2 nitrogen and oxygen atoms in total. The molecule has 0 heterocycles. The molecule has 0 bridgehead atoms. The van der Waals surface area contributed by atoms with Crippen molar-refractivity contribution in [3.05, 3.63) is 12.2 Å². The Morgan fingerprint density at radius 3 is 2.00 bits per heavy atom. The molecule has 14 heavy (non-hydrogen) atoms. The van der Waals surface area contributed by atoms with Gasteiger partial charge in [-0.3, -0.25) is 4.79 Å². The van der Waals surface area contributed by atoms with Crippen molar-refractivity contribution in [3.63, 3.8) is 0 Å². The van der Waals surface area contributed by atoms with Crippen molar-refractivity contribution in [2.75, 3.05) is 0 Å². The maximum absolute atomic E-state index is 11.3. The summed E-state index contributed by atoms with van der Waals surface area (Å²) in [5.41, 5.74) is -0.612. The van der Waals surface area contributed by atoms with E-state index in [0.29, 0.717) is 0 Å². The van der Waals surface area contributed by atoms with Gasteiger partial charge in [0.25, 0.3) is 0 Å². The van der Waals surface area contributed by atoms with Crippen LogP contribution in [0.1, 0.15) is 52.9 Å². The first kappa shape index (κ1) is 13.2. The van der Waals surface area contributed by atoms with Gasteiger partial charge in [0.2, 0.25) is 0 Å². The van der Waals surface area contributed by atoms with Gasteiger partial charge in [0.05, 0.1) is 5.41 Å². The summed E-state index contributed by atoms with van der Waals surface area (Å²) in [6.07, 6.45) is 8.09. The van der Waals surface area contributed by atoms with Gasteiger partial charge in [0.1, 0.15) is 0 Å². The average molecular weight is 198 g/mol. The lowest BCUT2D eigenvalue weighted by Gasteiger charge is -2.25. The molecule has 2 heteroatoms. The molecule has 0 fully saturated rings. The fraction of sp³-hybridized carbons (Fsp3) is 0.750. The van der Waals surface area contributed by atoms with E-state index in [1.807, 2.05) is 32.9 Å². The summed E-state index contributed by atoms with van der Waals surface area (Å²) in [7, 11) is 0.